The SMILES string of the molecule is CCOc1ccc([C@@H]2CCCN2)cc1. The molecule has 1 aliphatic rings. The van der Waals surface area contributed by atoms with E-state index in [4.69, 9.17) is 4.74 Å². The summed E-state index contributed by atoms with van der Waals surface area (Å²) in [6.07, 6.45) is 2.55. The number of rotatable bonds is 3. The predicted molar refractivity (Wildman–Crippen MR) is 57.6 cm³/mol. The van der Waals surface area contributed by atoms with Gasteiger partial charge in [-0.2, -0.15) is 0 Å². The number of hydrogen-bond acceptors (Lipinski definition) is 2. The standard InChI is InChI=1S/C12H17NO/c1-2-14-11-7-5-10(6-8-11)12-4-3-9-13-12/h5-8,12-13H,2-4,9H2,1H3/t12-/m0/s1. The van der Waals surface area contributed by atoms with Gasteiger partial charge in [-0.1, -0.05) is 12.1 Å². The van der Waals surface area contributed by atoms with E-state index in [-0.39, 0.29) is 0 Å². The van der Waals surface area contributed by atoms with Gasteiger partial charge in [-0.25, -0.2) is 0 Å². The Hall–Kier alpha value is -1.02. The lowest BCUT2D eigenvalue weighted by molar-refractivity contribution is 0.340. The largest absolute Gasteiger partial charge is 0.494 e. The normalized spacial score (nSPS) is 21.1. The maximum absolute atomic E-state index is 5.40. The second-order valence-electron chi connectivity index (χ2n) is 3.65. The van der Waals surface area contributed by atoms with Crippen LogP contribution in [-0.2, 0) is 0 Å². The molecule has 2 rings (SSSR count). The lowest BCUT2D eigenvalue weighted by atomic mass is 10.1. The lowest BCUT2D eigenvalue weighted by Gasteiger charge is -2.11. The van der Waals surface area contributed by atoms with Crippen molar-refractivity contribution >= 4 is 0 Å². The summed E-state index contributed by atoms with van der Waals surface area (Å²) in [6.45, 7) is 3.89. The molecule has 0 unspecified atom stereocenters. The van der Waals surface area contributed by atoms with Crippen LogP contribution in [-0.4, -0.2) is 13.2 Å². The Labute approximate surface area is 85.3 Å². The first-order valence-electron chi connectivity index (χ1n) is 5.36. The van der Waals surface area contributed by atoms with Crippen molar-refractivity contribution < 1.29 is 4.74 Å². The van der Waals surface area contributed by atoms with Gasteiger partial charge in [0.2, 0.25) is 0 Å². The molecule has 1 N–H and O–H groups in total. The van der Waals surface area contributed by atoms with Crippen molar-refractivity contribution in [3.05, 3.63) is 29.8 Å². The van der Waals surface area contributed by atoms with Gasteiger partial charge in [0.25, 0.3) is 0 Å². The molecule has 0 aromatic heterocycles. The number of ether oxygens (including phenoxy) is 1. The van der Waals surface area contributed by atoms with Crippen LogP contribution in [0.15, 0.2) is 24.3 Å². The molecular formula is C12H17NO. The summed E-state index contributed by atoms with van der Waals surface area (Å²) in [7, 11) is 0. The van der Waals surface area contributed by atoms with Crippen LogP contribution in [0.25, 0.3) is 0 Å². The maximum atomic E-state index is 5.40. The third-order valence-electron chi connectivity index (χ3n) is 2.65. The van der Waals surface area contributed by atoms with Crippen molar-refractivity contribution in [2.45, 2.75) is 25.8 Å². The molecule has 14 heavy (non-hydrogen) atoms. The first-order chi connectivity index (χ1) is 6.90. The monoisotopic (exact) mass is 191 g/mol. The van der Waals surface area contributed by atoms with Gasteiger partial charge in [-0.15, -0.1) is 0 Å². The Kier molecular flexibility index (Phi) is 3.04. The Morgan fingerprint density at radius 2 is 2.14 bits per heavy atom. The second-order valence-corrected chi connectivity index (χ2v) is 3.65. The zero-order chi connectivity index (χ0) is 9.80. The summed E-state index contributed by atoms with van der Waals surface area (Å²) < 4.78 is 5.40. The summed E-state index contributed by atoms with van der Waals surface area (Å²) in [5.74, 6) is 0.967. The average molecular weight is 191 g/mol. The summed E-state index contributed by atoms with van der Waals surface area (Å²) >= 11 is 0. The van der Waals surface area contributed by atoms with Crippen LogP contribution < -0.4 is 10.1 Å². The molecule has 0 radical (unpaired) electrons. The highest BCUT2D eigenvalue weighted by atomic mass is 16.5. The molecule has 0 amide bonds. The van der Waals surface area contributed by atoms with Gasteiger partial charge in [-0.05, 0) is 44.0 Å². The fraction of sp³-hybridized carbons (Fsp3) is 0.500. The molecule has 1 aromatic rings. The number of benzene rings is 1. The van der Waals surface area contributed by atoms with Crippen LogP contribution in [0, 0.1) is 0 Å². The highest BCUT2D eigenvalue weighted by molar-refractivity contribution is 5.29. The minimum Gasteiger partial charge on any atom is -0.494 e. The van der Waals surface area contributed by atoms with Gasteiger partial charge >= 0.3 is 0 Å². The fourth-order valence-corrected chi connectivity index (χ4v) is 1.93. The first-order valence-corrected chi connectivity index (χ1v) is 5.36. The van der Waals surface area contributed by atoms with Crippen molar-refractivity contribution in [1.82, 2.24) is 5.32 Å². The van der Waals surface area contributed by atoms with Gasteiger partial charge in [-0.3, -0.25) is 0 Å². The molecule has 2 nitrogen and oxygen atoms in total. The molecule has 1 saturated heterocycles. The Balaban J connectivity index is 2.05. The van der Waals surface area contributed by atoms with Crippen LogP contribution in [0.4, 0.5) is 0 Å². The van der Waals surface area contributed by atoms with Crippen LogP contribution in [0.5, 0.6) is 5.75 Å². The quantitative estimate of drug-likeness (QED) is 0.792. The second kappa shape index (κ2) is 4.47. The summed E-state index contributed by atoms with van der Waals surface area (Å²) in [4.78, 5) is 0. The van der Waals surface area contributed by atoms with Crippen molar-refractivity contribution in [1.29, 1.82) is 0 Å². The van der Waals surface area contributed by atoms with E-state index in [2.05, 4.69) is 29.6 Å². The molecule has 1 heterocycles. The molecule has 0 spiro atoms. The zero-order valence-corrected chi connectivity index (χ0v) is 8.62. The van der Waals surface area contributed by atoms with Crippen molar-refractivity contribution in [3.63, 3.8) is 0 Å². The highest BCUT2D eigenvalue weighted by Gasteiger charge is 2.15. The predicted octanol–water partition coefficient (Wildman–Crippen LogP) is 2.51. The van der Waals surface area contributed by atoms with Gasteiger partial charge in [0.05, 0.1) is 6.61 Å². The van der Waals surface area contributed by atoms with E-state index in [9.17, 15) is 0 Å². The fourth-order valence-electron chi connectivity index (χ4n) is 1.93. The molecular weight excluding hydrogens is 174 g/mol. The summed E-state index contributed by atoms with van der Waals surface area (Å²) in [5.41, 5.74) is 1.38. The number of nitrogens with one attached hydrogen (secondary N) is 1. The maximum Gasteiger partial charge on any atom is 0.119 e. The highest BCUT2D eigenvalue weighted by Crippen LogP contribution is 2.24. The van der Waals surface area contributed by atoms with Crippen LogP contribution >= 0.6 is 0 Å². The van der Waals surface area contributed by atoms with Crippen molar-refractivity contribution in [2.75, 3.05) is 13.2 Å². The van der Waals surface area contributed by atoms with Crippen molar-refractivity contribution in [3.8, 4) is 5.75 Å². The molecule has 1 fully saturated rings. The van der Waals surface area contributed by atoms with Crippen molar-refractivity contribution in [2.24, 2.45) is 0 Å². The van der Waals surface area contributed by atoms with Crippen LogP contribution in [0.2, 0.25) is 0 Å². The van der Waals surface area contributed by atoms with E-state index < -0.39 is 0 Å². The van der Waals surface area contributed by atoms with Crippen LogP contribution in [0.1, 0.15) is 31.4 Å². The van der Waals surface area contributed by atoms with Gasteiger partial charge in [0.1, 0.15) is 5.75 Å². The molecule has 1 aliphatic heterocycles. The minimum absolute atomic E-state index is 0.561. The van der Waals surface area contributed by atoms with Crippen LogP contribution in [0.3, 0.4) is 0 Å². The van der Waals surface area contributed by atoms with Gasteiger partial charge in [0, 0.05) is 6.04 Å². The van der Waals surface area contributed by atoms with E-state index in [0.29, 0.717) is 6.04 Å². The molecule has 76 valence electrons. The molecule has 0 aliphatic carbocycles. The minimum atomic E-state index is 0.561. The Morgan fingerprint density at radius 1 is 1.36 bits per heavy atom. The summed E-state index contributed by atoms with van der Waals surface area (Å²) in [5, 5.41) is 3.48. The topological polar surface area (TPSA) is 21.3 Å². The van der Waals surface area contributed by atoms with E-state index >= 15 is 0 Å². The Bertz CT molecular complexity index is 275. The lowest BCUT2D eigenvalue weighted by Crippen LogP contribution is -2.12. The zero-order valence-electron chi connectivity index (χ0n) is 8.62. The van der Waals surface area contributed by atoms with Gasteiger partial charge in [0.15, 0.2) is 0 Å². The molecule has 1 atom stereocenters. The van der Waals surface area contributed by atoms with Gasteiger partial charge < -0.3 is 10.1 Å². The molecule has 2 heteroatoms. The van der Waals surface area contributed by atoms with E-state index in [0.717, 1.165) is 18.9 Å². The van der Waals surface area contributed by atoms with E-state index in [1.165, 1.54) is 18.4 Å². The third kappa shape index (κ3) is 2.07. The summed E-state index contributed by atoms with van der Waals surface area (Å²) in [6, 6.07) is 8.99. The molecule has 0 bridgehead atoms. The van der Waals surface area contributed by atoms with E-state index in [1.807, 2.05) is 6.92 Å². The average Bonchev–Trinajstić information content (AvgIpc) is 2.72. The first kappa shape index (κ1) is 9.53. The molecule has 1 aromatic carbocycles. The number of hydrogen-bond donors (Lipinski definition) is 1. The molecule has 0 saturated carbocycles. The Morgan fingerprint density at radius 3 is 2.71 bits per heavy atom. The van der Waals surface area contributed by atoms with E-state index in [1.54, 1.807) is 0 Å². The third-order valence-corrected chi connectivity index (χ3v) is 2.65. The smallest absolute Gasteiger partial charge is 0.119 e.